The first-order valence-corrected chi connectivity index (χ1v) is 12.6. The molecule has 0 spiro atoms. The number of hydrogen-bond acceptors (Lipinski definition) is 4. The van der Waals surface area contributed by atoms with Gasteiger partial charge in [-0.2, -0.15) is 0 Å². The maximum absolute atomic E-state index is 12.5. The summed E-state index contributed by atoms with van der Waals surface area (Å²) in [5.74, 6) is 0.128. The lowest BCUT2D eigenvalue weighted by molar-refractivity contribution is -0.0421. The second kappa shape index (κ2) is 12.2. The number of benzene rings is 2. The van der Waals surface area contributed by atoms with Crippen molar-refractivity contribution in [3.63, 3.8) is 0 Å². The normalized spacial score (nSPS) is 16.5. The van der Waals surface area contributed by atoms with Gasteiger partial charge in [-0.25, -0.2) is 9.86 Å². The summed E-state index contributed by atoms with van der Waals surface area (Å²) in [5.41, 5.74) is 4.09. The quantitative estimate of drug-likeness (QED) is 0.382. The van der Waals surface area contributed by atoms with Crippen LogP contribution in [-0.2, 0) is 6.42 Å². The van der Waals surface area contributed by atoms with E-state index >= 15 is 0 Å². The van der Waals surface area contributed by atoms with Crippen molar-refractivity contribution < 1.29 is 14.8 Å². The van der Waals surface area contributed by atoms with E-state index in [0.29, 0.717) is 23.1 Å². The van der Waals surface area contributed by atoms with Crippen LogP contribution in [0.4, 0.5) is 4.79 Å². The Balaban J connectivity index is 1.39. The maximum Gasteiger partial charge on any atom is 0.341 e. The number of nitrogens with one attached hydrogen (secondary N) is 2. The number of likely N-dealkylation sites (tertiary alicyclic amines) is 1. The zero-order chi connectivity index (χ0) is 25.4. The molecule has 1 heterocycles. The van der Waals surface area contributed by atoms with Crippen LogP contribution in [0.25, 0.3) is 11.1 Å². The molecular weight excluding hydrogens is 440 g/mol. The van der Waals surface area contributed by atoms with Crippen LogP contribution in [-0.4, -0.2) is 65.4 Å². The molecule has 1 unspecified atom stereocenters. The van der Waals surface area contributed by atoms with E-state index in [1.165, 1.54) is 5.56 Å². The Morgan fingerprint density at radius 3 is 2.26 bits per heavy atom. The molecule has 0 radical (unpaired) electrons. The minimum absolute atomic E-state index is 0.0121. The molecule has 0 aromatic heterocycles. The summed E-state index contributed by atoms with van der Waals surface area (Å²) in [5, 5.41) is 16.3. The first-order chi connectivity index (χ1) is 16.7. The third-order valence-electron chi connectivity index (χ3n) is 6.70. The number of piperidine rings is 1. The summed E-state index contributed by atoms with van der Waals surface area (Å²) in [6.07, 6.45) is 3.18. The molecule has 7 heteroatoms. The van der Waals surface area contributed by atoms with Gasteiger partial charge in [-0.15, -0.1) is 0 Å². The minimum Gasteiger partial charge on any atom is -0.350 e. The first-order valence-electron chi connectivity index (χ1n) is 12.6. The Morgan fingerprint density at radius 2 is 1.66 bits per heavy atom. The second-order valence-corrected chi connectivity index (χ2v) is 10.3. The molecule has 190 valence electrons. The van der Waals surface area contributed by atoms with Gasteiger partial charge in [0.1, 0.15) is 0 Å². The summed E-state index contributed by atoms with van der Waals surface area (Å²) in [6.45, 7) is 11.5. The van der Waals surface area contributed by atoms with E-state index in [2.05, 4.69) is 67.5 Å². The standard InChI is InChI=1S/C28H40N4O3/c1-5-21-8-10-23(11-9-21)24-12-14-25(15-13-24)26(33)29-16-18-32(35)27(34)30-19-22-7-6-17-31(20-22)28(2,3)4/h8-15,22,35H,5-7,16-20H2,1-4H3,(H,29,33)(H,30,34). The van der Waals surface area contributed by atoms with Crippen LogP contribution >= 0.6 is 0 Å². The van der Waals surface area contributed by atoms with Gasteiger partial charge in [0.2, 0.25) is 0 Å². The number of carbonyl (C=O) groups excluding carboxylic acids is 2. The van der Waals surface area contributed by atoms with Crippen molar-refractivity contribution in [1.29, 1.82) is 0 Å². The molecule has 1 aliphatic heterocycles. The van der Waals surface area contributed by atoms with E-state index in [0.717, 1.165) is 43.5 Å². The lowest BCUT2D eigenvalue weighted by atomic mass is 9.93. The van der Waals surface area contributed by atoms with Gasteiger partial charge >= 0.3 is 6.03 Å². The van der Waals surface area contributed by atoms with Crippen molar-refractivity contribution in [3.8, 4) is 11.1 Å². The highest BCUT2D eigenvalue weighted by Gasteiger charge is 2.28. The molecule has 1 atom stereocenters. The van der Waals surface area contributed by atoms with E-state index in [1.54, 1.807) is 12.1 Å². The molecule has 0 saturated carbocycles. The SMILES string of the molecule is CCc1ccc(-c2ccc(C(=O)NCCN(O)C(=O)NCC3CCCN(C(C)(C)C)C3)cc2)cc1. The molecule has 1 fully saturated rings. The summed E-state index contributed by atoms with van der Waals surface area (Å²) in [4.78, 5) is 27.2. The minimum atomic E-state index is -0.537. The van der Waals surface area contributed by atoms with Gasteiger partial charge in [0.15, 0.2) is 0 Å². The molecule has 2 aromatic rings. The number of amides is 3. The molecule has 1 aliphatic rings. The average Bonchev–Trinajstić information content (AvgIpc) is 2.87. The molecule has 0 aliphatic carbocycles. The van der Waals surface area contributed by atoms with Gasteiger partial charge in [-0.1, -0.05) is 43.3 Å². The van der Waals surface area contributed by atoms with Crippen molar-refractivity contribution >= 4 is 11.9 Å². The predicted molar refractivity (Wildman–Crippen MR) is 140 cm³/mol. The fourth-order valence-electron chi connectivity index (χ4n) is 4.39. The van der Waals surface area contributed by atoms with Crippen molar-refractivity contribution in [2.45, 2.75) is 52.5 Å². The van der Waals surface area contributed by atoms with Crippen LogP contribution in [0.2, 0.25) is 0 Å². The highest BCUT2D eigenvalue weighted by atomic mass is 16.5. The van der Waals surface area contributed by atoms with Gasteiger partial charge in [-0.05, 0) is 81.3 Å². The molecule has 0 bridgehead atoms. The fraction of sp³-hybridized carbons (Fsp3) is 0.500. The third-order valence-corrected chi connectivity index (χ3v) is 6.70. The zero-order valence-corrected chi connectivity index (χ0v) is 21.5. The average molecular weight is 481 g/mol. The van der Waals surface area contributed by atoms with Crippen molar-refractivity contribution in [2.24, 2.45) is 5.92 Å². The molecule has 3 N–H and O–H groups in total. The van der Waals surface area contributed by atoms with Gasteiger partial charge in [0.05, 0.1) is 6.54 Å². The zero-order valence-electron chi connectivity index (χ0n) is 21.5. The van der Waals surface area contributed by atoms with Gasteiger partial charge in [0.25, 0.3) is 5.91 Å². The van der Waals surface area contributed by atoms with Crippen LogP contribution in [0.15, 0.2) is 48.5 Å². The Hall–Kier alpha value is -2.90. The van der Waals surface area contributed by atoms with Crippen LogP contribution in [0.1, 0.15) is 56.5 Å². The molecule has 3 rings (SSSR count). The van der Waals surface area contributed by atoms with Gasteiger partial charge in [-0.3, -0.25) is 14.9 Å². The highest BCUT2D eigenvalue weighted by molar-refractivity contribution is 5.94. The van der Waals surface area contributed by atoms with Crippen LogP contribution in [0, 0.1) is 5.92 Å². The second-order valence-electron chi connectivity index (χ2n) is 10.3. The number of carbonyl (C=O) groups is 2. The number of rotatable bonds is 8. The summed E-state index contributed by atoms with van der Waals surface area (Å²) in [6, 6.07) is 15.3. The number of nitrogens with zero attached hydrogens (tertiary/aromatic N) is 2. The Bertz CT molecular complexity index is 967. The van der Waals surface area contributed by atoms with E-state index in [-0.39, 0.29) is 24.5 Å². The van der Waals surface area contributed by atoms with E-state index in [4.69, 9.17) is 0 Å². The van der Waals surface area contributed by atoms with E-state index in [9.17, 15) is 14.8 Å². The number of hydroxylamine groups is 2. The molecule has 1 saturated heterocycles. The van der Waals surface area contributed by atoms with Crippen LogP contribution < -0.4 is 10.6 Å². The Labute approximate surface area is 209 Å². The Morgan fingerprint density at radius 1 is 1.03 bits per heavy atom. The molecule has 3 amide bonds. The van der Waals surface area contributed by atoms with Gasteiger partial charge < -0.3 is 10.6 Å². The van der Waals surface area contributed by atoms with E-state index < -0.39 is 6.03 Å². The predicted octanol–water partition coefficient (Wildman–Crippen LogP) is 4.56. The topological polar surface area (TPSA) is 84.9 Å². The monoisotopic (exact) mass is 480 g/mol. The molecular formula is C28H40N4O3. The lowest BCUT2D eigenvalue weighted by Gasteiger charge is -2.41. The summed E-state index contributed by atoms with van der Waals surface area (Å²) < 4.78 is 0. The number of urea groups is 1. The Kier molecular flexibility index (Phi) is 9.29. The summed E-state index contributed by atoms with van der Waals surface area (Å²) >= 11 is 0. The van der Waals surface area contributed by atoms with Crippen LogP contribution in [0.3, 0.4) is 0 Å². The smallest absolute Gasteiger partial charge is 0.341 e. The number of hydrogen-bond donors (Lipinski definition) is 3. The summed E-state index contributed by atoms with van der Waals surface area (Å²) in [7, 11) is 0. The number of aryl methyl sites for hydroxylation is 1. The maximum atomic E-state index is 12.5. The van der Waals surface area contributed by atoms with Crippen molar-refractivity contribution in [1.82, 2.24) is 20.6 Å². The van der Waals surface area contributed by atoms with E-state index in [1.807, 2.05) is 12.1 Å². The first kappa shape index (κ1) is 26.7. The van der Waals surface area contributed by atoms with Crippen LogP contribution in [0.5, 0.6) is 0 Å². The molecule has 2 aromatic carbocycles. The molecule has 35 heavy (non-hydrogen) atoms. The third kappa shape index (κ3) is 7.80. The molecule has 7 nitrogen and oxygen atoms in total. The van der Waals surface area contributed by atoms with Crippen molar-refractivity contribution in [2.75, 3.05) is 32.7 Å². The van der Waals surface area contributed by atoms with Gasteiger partial charge in [0, 0.05) is 30.7 Å². The largest absolute Gasteiger partial charge is 0.350 e. The fourth-order valence-corrected chi connectivity index (χ4v) is 4.39. The van der Waals surface area contributed by atoms with Crippen molar-refractivity contribution in [3.05, 3.63) is 59.7 Å². The highest BCUT2D eigenvalue weighted by Crippen LogP contribution is 2.23. The lowest BCUT2D eigenvalue weighted by Crippen LogP contribution is -2.50.